The van der Waals surface area contributed by atoms with Gasteiger partial charge in [-0.3, -0.25) is 4.79 Å². The Hall–Kier alpha value is -2.09. The van der Waals surface area contributed by atoms with E-state index in [1.165, 1.54) is 11.1 Å². The summed E-state index contributed by atoms with van der Waals surface area (Å²) in [5, 5.41) is 6.56. The molecule has 0 unspecified atom stereocenters. The highest BCUT2D eigenvalue weighted by molar-refractivity contribution is 14.0. The maximum absolute atomic E-state index is 11.2. The summed E-state index contributed by atoms with van der Waals surface area (Å²) in [5.41, 5.74) is 9.24. The third-order valence-electron chi connectivity index (χ3n) is 3.68. The Labute approximate surface area is 166 Å². The number of carbonyl (C=O) groups is 1. The summed E-state index contributed by atoms with van der Waals surface area (Å²) in [7, 11) is 0. The van der Waals surface area contributed by atoms with Crippen LogP contribution in [0.3, 0.4) is 0 Å². The Morgan fingerprint density at radius 1 is 1.12 bits per heavy atom. The van der Waals surface area contributed by atoms with Crippen LogP contribution in [0.2, 0.25) is 0 Å². The highest BCUT2D eigenvalue weighted by Gasteiger charge is 2.03. The number of aryl methyl sites for hydroxylation is 1. The van der Waals surface area contributed by atoms with Gasteiger partial charge in [-0.2, -0.15) is 0 Å². The van der Waals surface area contributed by atoms with Gasteiger partial charge in [0.2, 0.25) is 5.91 Å². The lowest BCUT2D eigenvalue weighted by Crippen LogP contribution is -2.36. The number of nitrogens with zero attached hydrogens (tertiary/aromatic N) is 1. The van der Waals surface area contributed by atoms with Gasteiger partial charge in [0.25, 0.3) is 0 Å². The van der Waals surface area contributed by atoms with Crippen molar-refractivity contribution in [2.75, 3.05) is 6.54 Å². The number of rotatable bonds is 6. The molecule has 0 aliphatic heterocycles. The van der Waals surface area contributed by atoms with E-state index >= 15 is 0 Å². The molecule has 0 saturated carbocycles. The van der Waals surface area contributed by atoms with Gasteiger partial charge in [0.05, 0.1) is 6.54 Å². The summed E-state index contributed by atoms with van der Waals surface area (Å²) in [6.07, 6.45) is 0. The fourth-order valence-corrected chi connectivity index (χ4v) is 2.32. The van der Waals surface area contributed by atoms with Crippen LogP contribution in [0.5, 0.6) is 0 Å². The van der Waals surface area contributed by atoms with Crippen LogP contribution in [0.15, 0.2) is 53.5 Å². The molecule has 0 aliphatic rings. The molecule has 2 aromatic rings. The number of hydrogen-bond donors (Lipinski definition) is 3. The molecule has 0 saturated heterocycles. The Bertz CT molecular complexity index is 731. The van der Waals surface area contributed by atoms with Crippen molar-refractivity contribution in [2.45, 2.75) is 26.9 Å². The summed E-state index contributed by atoms with van der Waals surface area (Å²) in [6.45, 7) is 6.08. The van der Waals surface area contributed by atoms with Gasteiger partial charge in [-0.05, 0) is 42.7 Å². The van der Waals surface area contributed by atoms with Gasteiger partial charge in [0.15, 0.2) is 5.96 Å². The molecule has 5 nitrogen and oxygen atoms in total. The summed E-state index contributed by atoms with van der Waals surface area (Å²) >= 11 is 0. The fraction of sp³-hybridized carbons (Fsp3) is 0.263. The molecular formula is C19H25IN4O. The molecule has 0 aliphatic carbocycles. The maximum Gasteiger partial charge on any atom is 0.248 e. The molecule has 0 bridgehead atoms. The van der Waals surface area contributed by atoms with Crippen LogP contribution in [0.25, 0.3) is 0 Å². The fourth-order valence-electron chi connectivity index (χ4n) is 2.32. The maximum atomic E-state index is 11.2. The van der Waals surface area contributed by atoms with Crippen molar-refractivity contribution >= 4 is 35.8 Å². The SMILES string of the molecule is CCNC(=NCc1cccc(C(N)=O)c1)NCc1ccccc1C.I. The van der Waals surface area contributed by atoms with Crippen molar-refractivity contribution < 1.29 is 4.79 Å². The lowest BCUT2D eigenvalue weighted by Gasteiger charge is -2.12. The molecule has 2 rings (SSSR count). The van der Waals surface area contributed by atoms with Crippen LogP contribution in [-0.4, -0.2) is 18.4 Å². The smallest absolute Gasteiger partial charge is 0.248 e. The van der Waals surface area contributed by atoms with Crippen LogP contribution in [-0.2, 0) is 13.1 Å². The summed E-state index contributed by atoms with van der Waals surface area (Å²) in [6, 6.07) is 15.5. The molecule has 0 spiro atoms. The first-order valence-electron chi connectivity index (χ1n) is 8.05. The highest BCUT2D eigenvalue weighted by atomic mass is 127. The minimum Gasteiger partial charge on any atom is -0.366 e. The largest absolute Gasteiger partial charge is 0.366 e. The van der Waals surface area contributed by atoms with E-state index in [-0.39, 0.29) is 24.0 Å². The molecule has 0 atom stereocenters. The number of halogens is 1. The molecule has 25 heavy (non-hydrogen) atoms. The molecular weight excluding hydrogens is 427 g/mol. The van der Waals surface area contributed by atoms with Crippen LogP contribution >= 0.6 is 24.0 Å². The van der Waals surface area contributed by atoms with Crippen molar-refractivity contribution in [3.8, 4) is 0 Å². The first-order valence-corrected chi connectivity index (χ1v) is 8.05. The summed E-state index contributed by atoms with van der Waals surface area (Å²) in [5.74, 6) is 0.315. The Kier molecular flexibility index (Phi) is 8.98. The van der Waals surface area contributed by atoms with E-state index < -0.39 is 5.91 Å². The standard InChI is InChI=1S/C19H24N4O.HI/c1-3-21-19(23-13-17-9-5-4-7-14(17)2)22-12-15-8-6-10-16(11-15)18(20)24;/h4-11H,3,12-13H2,1-2H3,(H2,20,24)(H2,21,22,23);1H. The topological polar surface area (TPSA) is 79.5 Å². The monoisotopic (exact) mass is 452 g/mol. The molecule has 2 aromatic carbocycles. The zero-order valence-electron chi connectivity index (χ0n) is 14.6. The number of carbonyl (C=O) groups excluding carboxylic acids is 1. The normalized spacial score (nSPS) is 10.7. The van der Waals surface area contributed by atoms with Crippen LogP contribution < -0.4 is 16.4 Å². The molecule has 0 radical (unpaired) electrons. The number of nitrogens with two attached hydrogens (primary N) is 1. The van der Waals surface area contributed by atoms with E-state index in [9.17, 15) is 4.79 Å². The van der Waals surface area contributed by atoms with E-state index in [4.69, 9.17) is 5.73 Å². The lowest BCUT2D eigenvalue weighted by atomic mass is 10.1. The second-order valence-corrected chi connectivity index (χ2v) is 5.54. The predicted octanol–water partition coefficient (Wildman–Crippen LogP) is 2.97. The van der Waals surface area contributed by atoms with Gasteiger partial charge in [-0.1, -0.05) is 36.4 Å². The predicted molar refractivity (Wildman–Crippen MR) is 113 cm³/mol. The number of hydrogen-bond acceptors (Lipinski definition) is 2. The van der Waals surface area contributed by atoms with Gasteiger partial charge in [0, 0.05) is 18.7 Å². The average Bonchev–Trinajstić information content (AvgIpc) is 2.59. The van der Waals surface area contributed by atoms with Gasteiger partial charge >= 0.3 is 0 Å². The number of aliphatic imine (C=N–C) groups is 1. The summed E-state index contributed by atoms with van der Waals surface area (Å²) in [4.78, 5) is 15.8. The first kappa shape index (κ1) is 21.0. The molecule has 134 valence electrons. The number of benzene rings is 2. The van der Waals surface area contributed by atoms with Crippen molar-refractivity contribution in [3.63, 3.8) is 0 Å². The Balaban J connectivity index is 0.00000312. The van der Waals surface area contributed by atoms with E-state index in [1.54, 1.807) is 12.1 Å². The number of nitrogens with one attached hydrogen (secondary N) is 2. The van der Waals surface area contributed by atoms with E-state index in [1.807, 2.05) is 31.2 Å². The third kappa shape index (κ3) is 6.74. The van der Waals surface area contributed by atoms with Gasteiger partial charge in [-0.25, -0.2) is 4.99 Å². The molecule has 0 fully saturated rings. The molecule has 4 N–H and O–H groups in total. The number of primary amides is 1. The minimum absolute atomic E-state index is 0. The number of guanidine groups is 1. The molecule has 1 amide bonds. The first-order chi connectivity index (χ1) is 11.6. The quantitative estimate of drug-likeness (QED) is 0.358. The highest BCUT2D eigenvalue weighted by Crippen LogP contribution is 2.07. The van der Waals surface area contributed by atoms with Crippen molar-refractivity contribution in [2.24, 2.45) is 10.7 Å². The second kappa shape index (κ2) is 10.7. The van der Waals surface area contributed by atoms with Crippen molar-refractivity contribution in [1.82, 2.24) is 10.6 Å². The van der Waals surface area contributed by atoms with Crippen molar-refractivity contribution in [3.05, 3.63) is 70.8 Å². The summed E-state index contributed by atoms with van der Waals surface area (Å²) < 4.78 is 0. The van der Waals surface area contributed by atoms with Crippen LogP contribution in [0.4, 0.5) is 0 Å². The van der Waals surface area contributed by atoms with E-state index in [0.29, 0.717) is 18.7 Å². The molecule has 0 heterocycles. The van der Waals surface area contributed by atoms with Gasteiger partial charge < -0.3 is 16.4 Å². The van der Waals surface area contributed by atoms with Crippen LogP contribution in [0, 0.1) is 6.92 Å². The van der Waals surface area contributed by atoms with E-state index in [2.05, 4.69) is 34.7 Å². The van der Waals surface area contributed by atoms with Crippen LogP contribution in [0.1, 0.15) is 34.0 Å². The Morgan fingerprint density at radius 3 is 2.56 bits per heavy atom. The van der Waals surface area contributed by atoms with Crippen molar-refractivity contribution in [1.29, 1.82) is 0 Å². The average molecular weight is 452 g/mol. The molecule has 0 aromatic heterocycles. The Morgan fingerprint density at radius 2 is 1.88 bits per heavy atom. The zero-order valence-corrected chi connectivity index (χ0v) is 16.9. The second-order valence-electron chi connectivity index (χ2n) is 5.54. The van der Waals surface area contributed by atoms with E-state index in [0.717, 1.165) is 18.1 Å². The minimum atomic E-state index is -0.426. The van der Waals surface area contributed by atoms with Gasteiger partial charge in [0.1, 0.15) is 0 Å². The lowest BCUT2D eigenvalue weighted by molar-refractivity contribution is 0.1000. The number of amides is 1. The third-order valence-corrected chi connectivity index (χ3v) is 3.68. The molecule has 6 heteroatoms. The van der Waals surface area contributed by atoms with Gasteiger partial charge in [-0.15, -0.1) is 24.0 Å². The zero-order chi connectivity index (χ0) is 17.4.